The third-order valence-corrected chi connectivity index (χ3v) is 6.67. The Balaban J connectivity index is 0.00000120. The zero-order valence-corrected chi connectivity index (χ0v) is 17.7. The quantitative estimate of drug-likeness (QED) is 0.680. The molecule has 29 heavy (non-hydrogen) atoms. The van der Waals surface area contributed by atoms with Crippen LogP contribution in [0.2, 0.25) is 0 Å². The minimum Gasteiger partial charge on any atom is -0.371 e. The lowest BCUT2D eigenvalue weighted by Gasteiger charge is -2.29. The average Bonchev–Trinajstić information content (AvgIpc) is 3.37. The van der Waals surface area contributed by atoms with Crippen LogP contribution in [-0.4, -0.2) is 54.8 Å². The van der Waals surface area contributed by atoms with Crippen LogP contribution < -0.4 is 15.5 Å². The molecule has 0 aliphatic carbocycles. The van der Waals surface area contributed by atoms with E-state index >= 15 is 0 Å². The number of amides is 3. The number of rotatable bonds is 2. The van der Waals surface area contributed by atoms with Crippen LogP contribution in [0.5, 0.6) is 0 Å². The van der Waals surface area contributed by atoms with Gasteiger partial charge in [0.15, 0.2) is 0 Å². The minimum absolute atomic E-state index is 0. The fourth-order valence-electron chi connectivity index (χ4n) is 5.15. The summed E-state index contributed by atoms with van der Waals surface area (Å²) in [4.78, 5) is 40.7. The van der Waals surface area contributed by atoms with Crippen molar-refractivity contribution in [2.45, 2.75) is 38.3 Å². The van der Waals surface area contributed by atoms with Crippen molar-refractivity contribution in [1.29, 1.82) is 0 Å². The number of halogens is 2. The Morgan fingerprint density at radius 2 is 1.93 bits per heavy atom. The molecule has 4 aliphatic heterocycles. The molecule has 0 bridgehead atoms. The first-order valence-corrected chi connectivity index (χ1v) is 9.79. The molecule has 2 N–H and O–H groups in total. The first-order chi connectivity index (χ1) is 13.1. The van der Waals surface area contributed by atoms with Gasteiger partial charge in [-0.1, -0.05) is 6.07 Å². The highest BCUT2D eigenvalue weighted by Crippen LogP contribution is 2.41. The molecule has 5 rings (SSSR count). The van der Waals surface area contributed by atoms with Gasteiger partial charge in [-0.2, -0.15) is 0 Å². The number of carbonyl (C=O) groups excluding carboxylic acids is 3. The Bertz CT molecular complexity index is 841. The van der Waals surface area contributed by atoms with Crippen LogP contribution in [-0.2, 0) is 16.1 Å². The maximum atomic E-state index is 13.0. The van der Waals surface area contributed by atoms with Crippen LogP contribution in [0.4, 0.5) is 5.69 Å². The van der Waals surface area contributed by atoms with Crippen LogP contribution in [0, 0.1) is 5.41 Å². The van der Waals surface area contributed by atoms with E-state index in [1.165, 1.54) is 12.8 Å². The van der Waals surface area contributed by atoms with Crippen LogP contribution in [0.1, 0.15) is 41.6 Å². The second-order valence-corrected chi connectivity index (χ2v) is 8.30. The summed E-state index contributed by atoms with van der Waals surface area (Å²) < 4.78 is 0. The standard InChI is InChI=1S/C20H24N4O3.2ClH/c25-17-5-4-16(18(26)22-17)24-10-14-13(19(24)27)2-1-3-15(14)23-9-7-20(12-23)6-8-21-11-20;;/h1-3,16,21H,4-12H2,(H,22,25,26);2*1H. The van der Waals surface area contributed by atoms with E-state index in [2.05, 4.69) is 21.6 Å². The van der Waals surface area contributed by atoms with Gasteiger partial charge >= 0.3 is 0 Å². The number of anilines is 1. The van der Waals surface area contributed by atoms with E-state index in [9.17, 15) is 14.4 Å². The topological polar surface area (TPSA) is 81.8 Å². The second-order valence-electron chi connectivity index (χ2n) is 8.30. The van der Waals surface area contributed by atoms with Gasteiger partial charge in [-0.15, -0.1) is 24.8 Å². The van der Waals surface area contributed by atoms with Crippen LogP contribution >= 0.6 is 24.8 Å². The average molecular weight is 441 g/mol. The molecule has 0 radical (unpaired) electrons. The first kappa shape index (κ1) is 21.9. The number of piperidine rings is 1. The highest BCUT2D eigenvalue weighted by Gasteiger charge is 2.43. The Hall–Kier alpha value is -1.83. The number of hydrogen-bond acceptors (Lipinski definition) is 5. The van der Waals surface area contributed by atoms with E-state index in [0.29, 0.717) is 23.9 Å². The Morgan fingerprint density at radius 1 is 1.10 bits per heavy atom. The Kier molecular flexibility index (Phi) is 6.13. The van der Waals surface area contributed by atoms with E-state index in [4.69, 9.17) is 0 Å². The number of benzene rings is 1. The number of imide groups is 1. The lowest BCUT2D eigenvalue weighted by Crippen LogP contribution is -2.52. The van der Waals surface area contributed by atoms with Gasteiger partial charge in [0, 0.05) is 54.8 Å². The van der Waals surface area contributed by atoms with Gasteiger partial charge in [0.25, 0.3) is 5.91 Å². The first-order valence-electron chi connectivity index (χ1n) is 9.79. The molecule has 3 fully saturated rings. The van der Waals surface area contributed by atoms with Gasteiger partial charge in [0.2, 0.25) is 11.8 Å². The van der Waals surface area contributed by atoms with Crippen molar-refractivity contribution in [3.63, 3.8) is 0 Å². The summed E-state index contributed by atoms with van der Waals surface area (Å²) >= 11 is 0. The summed E-state index contributed by atoms with van der Waals surface area (Å²) in [5, 5.41) is 5.85. The van der Waals surface area contributed by atoms with E-state index in [0.717, 1.165) is 37.4 Å². The van der Waals surface area contributed by atoms with Crippen molar-refractivity contribution in [1.82, 2.24) is 15.5 Å². The van der Waals surface area contributed by atoms with Crippen molar-refractivity contribution in [2.24, 2.45) is 5.41 Å². The summed E-state index contributed by atoms with van der Waals surface area (Å²) in [6.07, 6.45) is 3.07. The number of carbonyl (C=O) groups is 3. The molecule has 0 saturated carbocycles. The lowest BCUT2D eigenvalue weighted by molar-refractivity contribution is -0.136. The maximum absolute atomic E-state index is 13.0. The molecule has 158 valence electrons. The van der Waals surface area contributed by atoms with Gasteiger partial charge in [-0.3, -0.25) is 19.7 Å². The third kappa shape index (κ3) is 3.60. The number of fused-ring (bicyclic) bond motifs is 1. The Morgan fingerprint density at radius 3 is 2.66 bits per heavy atom. The van der Waals surface area contributed by atoms with Crippen LogP contribution in [0.3, 0.4) is 0 Å². The summed E-state index contributed by atoms with van der Waals surface area (Å²) in [5.74, 6) is -0.711. The summed E-state index contributed by atoms with van der Waals surface area (Å²) in [7, 11) is 0. The summed E-state index contributed by atoms with van der Waals surface area (Å²) in [6, 6.07) is 5.34. The van der Waals surface area contributed by atoms with Gasteiger partial charge in [-0.25, -0.2) is 0 Å². The molecule has 9 heteroatoms. The summed E-state index contributed by atoms with van der Waals surface area (Å²) in [6.45, 7) is 4.62. The monoisotopic (exact) mass is 440 g/mol. The predicted molar refractivity (Wildman–Crippen MR) is 114 cm³/mol. The zero-order chi connectivity index (χ0) is 18.6. The van der Waals surface area contributed by atoms with Crippen molar-refractivity contribution in [2.75, 3.05) is 31.1 Å². The molecule has 2 unspecified atom stereocenters. The van der Waals surface area contributed by atoms with Crippen molar-refractivity contribution >= 4 is 48.2 Å². The van der Waals surface area contributed by atoms with Crippen molar-refractivity contribution < 1.29 is 14.4 Å². The van der Waals surface area contributed by atoms with Crippen LogP contribution in [0.25, 0.3) is 0 Å². The molecule has 7 nitrogen and oxygen atoms in total. The largest absolute Gasteiger partial charge is 0.371 e. The number of hydrogen-bond donors (Lipinski definition) is 2. The minimum atomic E-state index is -0.556. The SMILES string of the molecule is Cl.Cl.O=C1CCC(N2Cc3c(cccc3N3CCC4(CCNC4)C3)C2=O)C(=O)N1. The smallest absolute Gasteiger partial charge is 0.255 e. The molecule has 2 atom stereocenters. The summed E-state index contributed by atoms with van der Waals surface area (Å²) in [5.41, 5.74) is 3.20. The molecule has 0 aromatic heterocycles. The number of nitrogens with zero attached hydrogens (tertiary/aromatic N) is 2. The molecule has 3 saturated heterocycles. The lowest BCUT2D eigenvalue weighted by atomic mass is 9.86. The zero-order valence-electron chi connectivity index (χ0n) is 16.1. The molecule has 1 spiro atoms. The molecule has 3 amide bonds. The van der Waals surface area contributed by atoms with Gasteiger partial charge in [-0.05, 0) is 37.9 Å². The van der Waals surface area contributed by atoms with Crippen LogP contribution in [0.15, 0.2) is 18.2 Å². The molecular weight excluding hydrogens is 415 g/mol. The van der Waals surface area contributed by atoms with E-state index in [1.807, 2.05) is 12.1 Å². The van der Waals surface area contributed by atoms with Gasteiger partial charge in [0.05, 0.1) is 0 Å². The van der Waals surface area contributed by atoms with E-state index < -0.39 is 6.04 Å². The molecule has 4 aliphatic rings. The van der Waals surface area contributed by atoms with Crippen molar-refractivity contribution in [3.05, 3.63) is 29.3 Å². The van der Waals surface area contributed by atoms with E-state index in [1.54, 1.807) is 4.90 Å². The van der Waals surface area contributed by atoms with Crippen molar-refractivity contribution in [3.8, 4) is 0 Å². The van der Waals surface area contributed by atoms with E-state index in [-0.39, 0.29) is 49.0 Å². The number of nitrogens with one attached hydrogen (secondary N) is 2. The highest BCUT2D eigenvalue weighted by molar-refractivity contribution is 6.06. The predicted octanol–water partition coefficient (Wildman–Crippen LogP) is 1.48. The van der Waals surface area contributed by atoms with Gasteiger partial charge in [0.1, 0.15) is 6.04 Å². The second kappa shape index (κ2) is 8.13. The molecular formula is C20H26Cl2N4O3. The third-order valence-electron chi connectivity index (χ3n) is 6.67. The Labute approximate surface area is 182 Å². The normalized spacial score (nSPS) is 28.3. The maximum Gasteiger partial charge on any atom is 0.255 e. The molecule has 4 heterocycles. The molecule has 1 aromatic rings. The van der Waals surface area contributed by atoms with Gasteiger partial charge < -0.3 is 15.1 Å². The fourth-order valence-corrected chi connectivity index (χ4v) is 5.15. The molecule has 1 aromatic carbocycles. The fraction of sp³-hybridized carbons (Fsp3) is 0.550. The highest BCUT2D eigenvalue weighted by atomic mass is 35.5.